The van der Waals surface area contributed by atoms with Crippen LogP contribution >= 0.6 is 34.5 Å². The van der Waals surface area contributed by atoms with Crippen LogP contribution < -0.4 is 9.46 Å². The topological polar surface area (TPSA) is 72.5 Å². The summed E-state index contributed by atoms with van der Waals surface area (Å²) in [5, 5.41) is 0.838. The molecular formula is C20H15Cl2NO4S2. The summed E-state index contributed by atoms with van der Waals surface area (Å²) >= 11 is 13.1. The van der Waals surface area contributed by atoms with E-state index in [4.69, 9.17) is 27.9 Å². The van der Waals surface area contributed by atoms with Gasteiger partial charge in [0, 0.05) is 4.88 Å². The van der Waals surface area contributed by atoms with Gasteiger partial charge in [0.05, 0.1) is 25.9 Å². The lowest BCUT2D eigenvalue weighted by molar-refractivity contribution is 0.0985. The molecule has 1 aromatic heterocycles. The van der Waals surface area contributed by atoms with E-state index < -0.39 is 15.9 Å². The summed E-state index contributed by atoms with van der Waals surface area (Å²) < 4.78 is 32.7. The Morgan fingerprint density at radius 3 is 2.38 bits per heavy atom. The maximum absolute atomic E-state index is 12.5. The number of ether oxygens (including phenoxy) is 1. The predicted molar refractivity (Wildman–Crippen MR) is 115 cm³/mol. The van der Waals surface area contributed by atoms with E-state index in [2.05, 4.69) is 4.72 Å². The van der Waals surface area contributed by atoms with E-state index in [1.54, 1.807) is 42.5 Å². The second kappa shape index (κ2) is 7.99. The molecule has 1 saturated carbocycles. The molecule has 0 bridgehead atoms. The minimum Gasteiger partial charge on any atom is -0.490 e. The quantitative estimate of drug-likeness (QED) is 0.527. The lowest BCUT2D eigenvalue weighted by atomic mass is 10.2. The van der Waals surface area contributed by atoms with Crippen LogP contribution in [-0.4, -0.2) is 20.4 Å². The van der Waals surface area contributed by atoms with Crippen molar-refractivity contribution in [2.24, 2.45) is 0 Å². The van der Waals surface area contributed by atoms with Gasteiger partial charge in [-0.2, -0.15) is 0 Å². The first-order valence-corrected chi connectivity index (χ1v) is 11.8. The molecule has 1 amide bonds. The normalized spacial score (nSPS) is 13.9. The summed E-state index contributed by atoms with van der Waals surface area (Å²) in [5.74, 6) is -0.0816. The average molecular weight is 468 g/mol. The molecule has 9 heteroatoms. The largest absolute Gasteiger partial charge is 0.490 e. The number of carbonyl (C=O) groups is 1. The molecule has 3 aromatic rings. The Morgan fingerprint density at radius 2 is 1.72 bits per heavy atom. The number of carbonyl (C=O) groups excluding carboxylic acids is 1. The lowest BCUT2D eigenvalue weighted by Crippen LogP contribution is -2.29. The predicted octanol–water partition coefficient (Wildman–Crippen LogP) is 5.38. The molecule has 0 atom stereocenters. The van der Waals surface area contributed by atoms with Gasteiger partial charge in [-0.15, -0.1) is 11.3 Å². The first-order valence-electron chi connectivity index (χ1n) is 8.71. The number of hydrogen-bond acceptors (Lipinski definition) is 5. The van der Waals surface area contributed by atoms with Crippen molar-refractivity contribution in [2.45, 2.75) is 23.8 Å². The molecule has 1 heterocycles. The van der Waals surface area contributed by atoms with Crippen molar-refractivity contribution in [3.8, 4) is 16.2 Å². The molecule has 0 saturated heterocycles. The van der Waals surface area contributed by atoms with Crippen LogP contribution in [0.5, 0.6) is 5.75 Å². The van der Waals surface area contributed by atoms with Crippen molar-refractivity contribution in [3.63, 3.8) is 0 Å². The first-order chi connectivity index (χ1) is 13.8. The highest BCUT2D eigenvalue weighted by Gasteiger charge is 2.24. The molecule has 2 aromatic carbocycles. The minimum absolute atomic E-state index is 0.00439. The summed E-state index contributed by atoms with van der Waals surface area (Å²) in [6, 6.07) is 14.5. The standard InChI is InChI=1S/C20H15Cl2NO4S2/c21-16-8-1-12(11-17(16)22)18-9-10-19(28-18)20(24)23-29(25,26)15-6-4-14(5-7-15)27-13-2-3-13/h1,4-11,13H,2-3H2,(H,23,24). The van der Waals surface area contributed by atoms with E-state index >= 15 is 0 Å². The van der Waals surface area contributed by atoms with E-state index in [-0.39, 0.29) is 15.9 Å². The van der Waals surface area contributed by atoms with E-state index in [1.807, 2.05) is 0 Å². The van der Waals surface area contributed by atoms with Crippen LogP contribution in [0.25, 0.3) is 10.4 Å². The number of nitrogens with one attached hydrogen (secondary N) is 1. The maximum Gasteiger partial charge on any atom is 0.275 e. The molecule has 5 nitrogen and oxygen atoms in total. The molecule has 1 N–H and O–H groups in total. The van der Waals surface area contributed by atoms with Crippen molar-refractivity contribution in [1.29, 1.82) is 0 Å². The number of halogens is 2. The number of sulfonamides is 1. The van der Waals surface area contributed by atoms with Crippen molar-refractivity contribution in [2.75, 3.05) is 0 Å². The zero-order chi connectivity index (χ0) is 20.6. The SMILES string of the molecule is O=C(NS(=O)(=O)c1ccc(OC2CC2)cc1)c1ccc(-c2ccc(Cl)c(Cl)c2)s1. The third-order valence-corrected chi connectivity index (χ3v) is 7.44. The van der Waals surface area contributed by atoms with Gasteiger partial charge in [-0.05, 0) is 66.9 Å². The second-order valence-corrected chi connectivity index (χ2v) is 10.1. The number of rotatable bonds is 6. The van der Waals surface area contributed by atoms with Crippen LogP contribution in [-0.2, 0) is 10.0 Å². The number of hydrogen-bond donors (Lipinski definition) is 1. The van der Waals surface area contributed by atoms with Crippen LogP contribution in [0.2, 0.25) is 10.0 Å². The summed E-state index contributed by atoms with van der Waals surface area (Å²) in [4.78, 5) is 13.5. The van der Waals surface area contributed by atoms with E-state index in [0.717, 1.165) is 34.6 Å². The van der Waals surface area contributed by atoms with Crippen LogP contribution in [0, 0.1) is 0 Å². The fraction of sp³-hybridized carbons (Fsp3) is 0.150. The highest BCUT2D eigenvalue weighted by atomic mass is 35.5. The van der Waals surface area contributed by atoms with Crippen LogP contribution in [0.4, 0.5) is 0 Å². The molecular weight excluding hydrogens is 453 g/mol. The van der Waals surface area contributed by atoms with Gasteiger partial charge in [0.15, 0.2) is 0 Å². The van der Waals surface area contributed by atoms with Gasteiger partial charge in [0.2, 0.25) is 0 Å². The number of amides is 1. The highest BCUT2D eigenvalue weighted by molar-refractivity contribution is 7.90. The molecule has 0 radical (unpaired) electrons. The van der Waals surface area contributed by atoms with Crippen LogP contribution in [0.1, 0.15) is 22.5 Å². The van der Waals surface area contributed by atoms with Crippen molar-refractivity contribution in [3.05, 3.63) is 69.5 Å². The van der Waals surface area contributed by atoms with E-state index in [9.17, 15) is 13.2 Å². The van der Waals surface area contributed by atoms with Gasteiger partial charge in [0.1, 0.15) is 5.75 Å². The maximum atomic E-state index is 12.5. The molecule has 0 aliphatic heterocycles. The number of benzene rings is 2. The van der Waals surface area contributed by atoms with Gasteiger partial charge in [-0.1, -0.05) is 29.3 Å². The molecule has 0 spiro atoms. The van der Waals surface area contributed by atoms with Gasteiger partial charge in [0.25, 0.3) is 15.9 Å². The van der Waals surface area contributed by atoms with E-state index in [0.29, 0.717) is 15.8 Å². The Kier molecular flexibility index (Phi) is 5.57. The Labute approximate surface area is 182 Å². The van der Waals surface area contributed by atoms with Crippen LogP contribution in [0.3, 0.4) is 0 Å². The smallest absolute Gasteiger partial charge is 0.275 e. The molecule has 1 fully saturated rings. The molecule has 1 aliphatic rings. The van der Waals surface area contributed by atoms with Crippen LogP contribution in [0.15, 0.2) is 59.5 Å². The average Bonchev–Trinajstić information content (AvgIpc) is 3.35. The Morgan fingerprint density at radius 1 is 1.00 bits per heavy atom. The fourth-order valence-electron chi connectivity index (χ4n) is 2.57. The zero-order valence-corrected chi connectivity index (χ0v) is 18.0. The van der Waals surface area contributed by atoms with E-state index in [1.165, 1.54) is 12.1 Å². The fourth-order valence-corrected chi connectivity index (χ4v) is 4.80. The van der Waals surface area contributed by atoms with Gasteiger partial charge >= 0.3 is 0 Å². The monoisotopic (exact) mass is 467 g/mol. The van der Waals surface area contributed by atoms with Crippen molar-refractivity contribution < 1.29 is 17.9 Å². The molecule has 1 aliphatic carbocycles. The lowest BCUT2D eigenvalue weighted by Gasteiger charge is -2.08. The van der Waals surface area contributed by atoms with Gasteiger partial charge in [-0.25, -0.2) is 13.1 Å². The summed E-state index contributed by atoms with van der Waals surface area (Å²) in [7, 11) is -3.99. The Hall–Kier alpha value is -2.06. The zero-order valence-electron chi connectivity index (χ0n) is 14.9. The summed E-state index contributed by atoms with van der Waals surface area (Å²) in [6.45, 7) is 0. The molecule has 29 heavy (non-hydrogen) atoms. The minimum atomic E-state index is -3.99. The highest BCUT2D eigenvalue weighted by Crippen LogP contribution is 2.33. The molecule has 0 unspecified atom stereocenters. The second-order valence-electron chi connectivity index (χ2n) is 6.52. The third-order valence-electron chi connectivity index (χ3n) is 4.22. The summed E-state index contributed by atoms with van der Waals surface area (Å²) in [6.07, 6.45) is 2.25. The molecule has 4 rings (SSSR count). The molecule has 150 valence electrons. The van der Waals surface area contributed by atoms with Crippen molar-refractivity contribution >= 4 is 50.5 Å². The Balaban J connectivity index is 1.48. The number of thiophene rings is 1. The summed E-state index contributed by atoms with van der Waals surface area (Å²) in [5.41, 5.74) is 0.789. The first kappa shape index (κ1) is 20.2. The third kappa shape index (κ3) is 4.75. The van der Waals surface area contributed by atoms with Gasteiger partial charge < -0.3 is 4.74 Å². The van der Waals surface area contributed by atoms with Gasteiger partial charge in [-0.3, -0.25) is 4.79 Å². The van der Waals surface area contributed by atoms with Crippen molar-refractivity contribution in [1.82, 2.24) is 4.72 Å². The Bertz CT molecular complexity index is 1170.